The second kappa shape index (κ2) is 9.33. The highest BCUT2D eigenvalue weighted by molar-refractivity contribution is 7.13. The lowest BCUT2D eigenvalue weighted by atomic mass is 10.2. The third-order valence-corrected chi connectivity index (χ3v) is 3.94. The summed E-state index contributed by atoms with van der Waals surface area (Å²) in [4.78, 5) is 15.6. The lowest BCUT2D eigenvalue weighted by Crippen LogP contribution is -2.07. The molecule has 25 heavy (non-hydrogen) atoms. The van der Waals surface area contributed by atoms with Crippen LogP contribution in [-0.2, 0) is 16.0 Å². The van der Waals surface area contributed by atoms with Crippen LogP contribution in [0.5, 0.6) is 5.75 Å². The van der Waals surface area contributed by atoms with Crippen molar-refractivity contribution in [3.63, 3.8) is 0 Å². The quantitative estimate of drug-likeness (QED) is 0.424. The van der Waals surface area contributed by atoms with Gasteiger partial charge in [-0.25, -0.2) is 9.37 Å². The summed E-state index contributed by atoms with van der Waals surface area (Å²) in [6, 6.07) is 2.82. The van der Waals surface area contributed by atoms with E-state index in [0.717, 1.165) is 0 Å². The number of aromatic nitrogens is 1. The molecule has 0 spiro atoms. The molecule has 9 heteroatoms. The molecule has 0 saturated carbocycles. The van der Waals surface area contributed by atoms with Crippen molar-refractivity contribution in [2.24, 2.45) is 5.10 Å². The third kappa shape index (κ3) is 5.68. The molecule has 0 saturated heterocycles. The SMILES string of the molecule is CCOC(=O)Cc1csc(NN=Cc2cc(F)c(OCC)c(Cl)c2)n1. The average Bonchev–Trinajstić information content (AvgIpc) is 2.98. The van der Waals surface area contributed by atoms with Gasteiger partial charge in [-0.3, -0.25) is 10.2 Å². The first-order valence-corrected chi connectivity index (χ1v) is 8.80. The fourth-order valence-electron chi connectivity index (χ4n) is 1.90. The Balaban J connectivity index is 1.97. The van der Waals surface area contributed by atoms with Crippen LogP contribution in [0.1, 0.15) is 25.1 Å². The summed E-state index contributed by atoms with van der Waals surface area (Å²) < 4.78 is 23.9. The van der Waals surface area contributed by atoms with Gasteiger partial charge in [-0.2, -0.15) is 5.10 Å². The van der Waals surface area contributed by atoms with Gasteiger partial charge in [0.25, 0.3) is 0 Å². The van der Waals surface area contributed by atoms with Gasteiger partial charge < -0.3 is 9.47 Å². The summed E-state index contributed by atoms with van der Waals surface area (Å²) in [7, 11) is 0. The van der Waals surface area contributed by atoms with Gasteiger partial charge in [0.05, 0.1) is 36.6 Å². The number of carbonyl (C=O) groups excluding carboxylic acids is 1. The van der Waals surface area contributed by atoms with Gasteiger partial charge in [0, 0.05) is 5.38 Å². The van der Waals surface area contributed by atoms with Crippen molar-refractivity contribution in [1.29, 1.82) is 0 Å². The molecule has 0 aliphatic carbocycles. The number of hydrogen-bond donors (Lipinski definition) is 1. The normalized spacial score (nSPS) is 10.9. The van der Waals surface area contributed by atoms with Crippen molar-refractivity contribution < 1.29 is 18.7 Å². The highest BCUT2D eigenvalue weighted by atomic mass is 35.5. The Kier molecular flexibility index (Phi) is 7.15. The number of nitrogens with one attached hydrogen (secondary N) is 1. The number of ether oxygens (including phenoxy) is 2. The molecule has 2 rings (SSSR count). The Labute approximate surface area is 153 Å². The van der Waals surface area contributed by atoms with Crippen molar-refractivity contribution in [3.05, 3.63) is 39.6 Å². The zero-order valence-electron chi connectivity index (χ0n) is 13.7. The van der Waals surface area contributed by atoms with Crippen molar-refractivity contribution in [2.75, 3.05) is 18.6 Å². The summed E-state index contributed by atoms with van der Waals surface area (Å²) >= 11 is 7.28. The molecule has 0 aliphatic rings. The molecule has 1 aromatic carbocycles. The monoisotopic (exact) mass is 385 g/mol. The van der Waals surface area contributed by atoms with Crippen molar-refractivity contribution in [2.45, 2.75) is 20.3 Å². The van der Waals surface area contributed by atoms with Crippen molar-refractivity contribution in [3.8, 4) is 5.75 Å². The highest BCUT2D eigenvalue weighted by Crippen LogP contribution is 2.28. The first-order chi connectivity index (χ1) is 12.0. The molecule has 1 N–H and O–H groups in total. The predicted octanol–water partition coefficient (Wildman–Crippen LogP) is 3.89. The van der Waals surface area contributed by atoms with Crippen LogP contribution in [0.4, 0.5) is 9.52 Å². The lowest BCUT2D eigenvalue weighted by Gasteiger charge is -2.07. The molecule has 0 amide bonds. The van der Waals surface area contributed by atoms with E-state index in [0.29, 0.717) is 29.6 Å². The summed E-state index contributed by atoms with van der Waals surface area (Å²) in [5, 5.41) is 6.41. The van der Waals surface area contributed by atoms with Crippen molar-refractivity contribution >= 4 is 40.3 Å². The third-order valence-electron chi connectivity index (χ3n) is 2.87. The van der Waals surface area contributed by atoms with Crippen LogP contribution >= 0.6 is 22.9 Å². The second-order valence-corrected chi connectivity index (χ2v) is 6.01. The minimum Gasteiger partial charge on any atom is -0.489 e. The minimum atomic E-state index is -0.554. The number of hydrogen-bond acceptors (Lipinski definition) is 7. The molecular formula is C16H17ClFN3O3S. The minimum absolute atomic E-state index is 0.0257. The average molecular weight is 386 g/mol. The molecule has 6 nitrogen and oxygen atoms in total. The molecular weight excluding hydrogens is 369 g/mol. The van der Waals surface area contributed by atoms with Crippen LogP contribution < -0.4 is 10.2 Å². The van der Waals surface area contributed by atoms with E-state index in [4.69, 9.17) is 21.1 Å². The van der Waals surface area contributed by atoms with E-state index in [2.05, 4.69) is 15.5 Å². The number of benzene rings is 1. The van der Waals surface area contributed by atoms with Gasteiger partial charge in [-0.1, -0.05) is 11.6 Å². The van der Waals surface area contributed by atoms with E-state index < -0.39 is 5.82 Å². The second-order valence-electron chi connectivity index (χ2n) is 4.74. The smallest absolute Gasteiger partial charge is 0.311 e. The fraction of sp³-hybridized carbons (Fsp3) is 0.312. The Bertz CT molecular complexity index is 744. The van der Waals surface area contributed by atoms with Gasteiger partial charge in [0.2, 0.25) is 5.13 Å². The van der Waals surface area contributed by atoms with Gasteiger partial charge in [-0.05, 0) is 31.5 Å². The molecule has 134 valence electrons. The first kappa shape index (κ1) is 19.1. The molecule has 0 bridgehead atoms. The lowest BCUT2D eigenvalue weighted by molar-refractivity contribution is -0.142. The zero-order chi connectivity index (χ0) is 18.2. The van der Waals surface area contributed by atoms with Crippen LogP contribution in [0.25, 0.3) is 0 Å². The maximum absolute atomic E-state index is 13.9. The van der Waals surface area contributed by atoms with Crippen LogP contribution in [-0.4, -0.2) is 30.4 Å². The maximum atomic E-state index is 13.9. The largest absolute Gasteiger partial charge is 0.489 e. The number of thiazole rings is 1. The van der Waals surface area contributed by atoms with Gasteiger partial charge in [0.15, 0.2) is 11.6 Å². The molecule has 1 heterocycles. The Morgan fingerprint density at radius 3 is 2.92 bits per heavy atom. The number of hydrazone groups is 1. The number of halogens is 2. The molecule has 1 aromatic heterocycles. The number of esters is 1. The molecule has 0 unspecified atom stereocenters. The standard InChI is InChI=1S/C16H17ClFN3O3S/c1-3-23-14(22)7-11-9-25-16(20-11)21-19-8-10-5-12(17)15(24-4-2)13(18)6-10/h5-6,8-9H,3-4,7H2,1-2H3,(H,20,21). The fourth-order valence-corrected chi connectivity index (χ4v) is 2.83. The van der Waals surface area contributed by atoms with E-state index >= 15 is 0 Å². The van der Waals surface area contributed by atoms with E-state index in [1.54, 1.807) is 25.3 Å². The number of anilines is 1. The van der Waals surface area contributed by atoms with E-state index in [-0.39, 0.29) is 23.2 Å². The Morgan fingerprint density at radius 1 is 1.44 bits per heavy atom. The highest BCUT2D eigenvalue weighted by Gasteiger charge is 2.10. The topological polar surface area (TPSA) is 72.8 Å². The van der Waals surface area contributed by atoms with Crippen molar-refractivity contribution in [1.82, 2.24) is 4.98 Å². The van der Waals surface area contributed by atoms with Crippen LogP contribution in [0.3, 0.4) is 0 Å². The Hall–Kier alpha value is -2.19. The number of carbonyl (C=O) groups is 1. The summed E-state index contributed by atoms with van der Waals surface area (Å²) in [5.74, 6) is -0.859. The van der Waals surface area contributed by atoms with Crippen LogP contribution in [0.2, 0.25) is 5.02 Å². The van der Waals surface area contributed by atoms with E-state index in [1.807, 2.05) is 0 Å². The van der Waals surface area contributed by atoms with Gasteiger partial charge >= 0.3 is 5.97 Å². The number of rotatable bonds is 8. The molecule has 0 atom stereocenters. The molecule has 0 fully saturated rings. The Morgan fingerprint density at radius 2 is 2.24 bits per heavy atom. The van der Waals surface area contributed by atoms with Crippen LogP contribution in [0.15, 0.2) is 22.6 Å². The molecule has 0 aliphatic heterocycles. The zero-order valence-corrected chi connectivity index (χ0v) is 15.3. The van der Waals surface area contributed by atoms with E-state index in [1.165, 1.54) is 23.6 Å². The van der Waals surface area contributed by atoms with Gasteiger partial charge in [-0.15, -0.1) is 11.3 Å². The summed E-state index contributed by atoms with van der Waals surface area (Å²) in [6.45, 7) is 4.15. The summed E-state index contributed by atoms with van der Waals surface area (Å²) in [5.41, 5.74) is 3.79. The summed E-state index contributed by atoms with van der Waals surface area (Å²) in [6.07, 6.45) is 1.52. The van der Waals surface area contributed by atoms with Crippen LogP contribution in [0, 0.1) is 5.82 Å². The first-order valence-electron chi connectivity index (χ1n) is 7.54. The number of nitrogens with zero attached hydrogens (tertiary/aromatic N) is 2. The van der Waals surface area contributed by atoms with Gasteiger partial charge in [0.1, 0.15) is 0 Å². The molecule has 2 aromatic rings. The molecule has 0 radical (unpaired) electrons. The van der Waals surface area contributed by atoms with E-state index in [9.17, 15) is 9.18 Å². The maximum Gasteiger partial charge on any atom is 0.311 e. The predicted molar refractivity (Wildman–Crippen MR) is 96.2 cm³/mol.